The number of aromatic nitrogens is 3. The van der Waals surface area contributed by atoms with Crippen LogP contribution in [-0.2, 0) is 17.9 Å². The summed E-state index contributed by atoms with van der Waals surface area (Å²) >= 11 is 1.43. The van der Waals surface area contributed by atoms with Gasteiger partial charge in [-0.25, -0.2) is 14.5 Å². The highest BCUT2D eigenvalue weighted by Gasteiger charge is 2.14. The SMILES string of the molecule is CCOc1ccc(-c2nc(COC(=O)c3ccc(=O)n(Cc4ccccc4)n3)cs2)cc1OC. The molecular formula is C25H23N3O5S. The summed E-state index contributed by atoms with van der Waals surface area (Å²) in [5, 5.41) is 6.76. The van der Waals surface area contributed by atoms with Gasteiger partial charge < -0.3 is 14.2 Å². The fourth-order valence-electron chi connectivity index (χ4n) is 3.22. The molecule has 0 saturated heterocycles. The van der Waals surface area contributed by atoms with Crippen molar-refractivity contribution in [3.8, 4) is 22.1 Å². The number of nitrogens with zero attached hydrogens (tertiary/aromatic N) is 3. The highest BCUT2D eigenvalue weighted by atomic mass is 32.1. The molecule has 0 atom stereocenters. The van der Waals surface area contributed by atoms with Crippen molar-refractivity contribution < 1.29 is 19.0 Å². The average Bonchev–Trinajstić information content (AvgIpc) is 3.34. The molecule has 0 fully saturated rings. The van der Waals surface area contributed by atoms with Crippen LogP contribution in [0.4, 0.5) is 0 Å². The molecule has 0 radical (unpaired) electrons. The summed E-state index contributed by atoms with van der Waals surface area (Å²) in [6.45, 7) is 2.71. The Morgan fingerprint density at radius 3 is 2.65 bits per heavy atom. The van der Waals surface area contributed by atoms with Crippen molar-refractivity contribution in [2.24, 2.45) is 0 Å². The Hall–Kier alpha value is -3.98. The highest BCUT2D eigenvalue weighted by Crippen LogP contribution is 2.33. The van der Waals surface area contributed by atoms with Gasteiger partial charge in [0.1, 0.15) is 11.6 Å². The molecule has 0 aliphatic heterocycles. The molecule has 0 aliphatic rings. The van der Waals surface area contributed by atoms with Gasteiger partial charge in [0, 0.05) is 17.0 Å². The molecule has 9 heteroatoms. The Kier molecular flexibility index (Phi) is 7.34. The fraction of sp³-hybridized carbons (Fsp3) is 0.200. The van der Waals surface area contributed by atoms with Gasteiger partial charge in [0.15, 0.2) is 17.2 Å². The van der Waals surface area contributed by atoms with Crippen molar-refractivity contribution in [2.45, 2.75) is 20.1 Å². The maximum atomic E-state index is 12.5. The van der Waals surface area contributed by atoms with Crippen molar-refractivity contribution in [2.75, 3.05) is 13.7 Å². The molecule has 0 N–H and O–H groups in total. The molecule has 0 saturated carbocycles. The van der Waals surface area contributed by atoms with E-state index in [1.165, 1.54) is 28.2 Å². The largest absolute Gasteiger partial charge is 0.493 e. The number of carbonyl (C=O) groups is 1. The topological polar surface area (TPSA) is 92.5 Å². The summed E-state index contributed by atoms with van der Waals surface area (Å²) in [6.07, 6.45) is 0. The van der Waals surface area contributed by atoms with Gasteiger partial charge in [0.2, 0.25) is 0 Å². The highest BCUT2D eigenvalue weighted by molar-refractivity contribution is 7.13. The smallest absolute Gasteiger partial charge is 0.359 e. The van der Waals surface area contributed by atoms with Crippen LogP contribution in [0, 0.1) is 0 Å². The molecule has 0 unspecified atom stereocenters. The van der Waals surface area contributed by atoms with E-state index in [4.69, 9.17) is 14.2 Å². The second-order valence-electron chi connectivity index (χ2n) is 7.22. The van der Waals surface area contributed by atoms with E-state index in [-0.39, 0.29) is 24.4 Å². The van der Waals surface area contributed by atoms with Gasteiger partial charge in [-0.15, -0.1) is 11.3 Å². The normalized spacial score (nSPS) is 10.6. The summed E-state index contributed by atoms with van der Waals surface area (Å²) in [5.41, 5.74) is 2.15. The molecule has 2 aromatic heterocycles. The summed E-state index contributed by atoms with van der Waals surface area (Å²) in [7, 11) is 1.59. The third-order valence-corrected chi connectivity index (χ3v) is 5.80. The maximum Gasteiger partial charge on any atom is 0.359 e. The lowest BCUT2D eigenvalue weighted by Gasteiger charge is -2.10. The van der Waals surface area contributed by atoms with Crippen LogP contribution in [0.1, 0.15) is 28.7 Å². The Morgan fingerprint density at radius 2 is 1.88 bits per heavy atom. The third kappa shape index (κ3) is 5.49. The van der Waals surface area contributed by atoms with E-state index in [0.717, 1.165) is 16.1 Å². The first-order valence-electron chi connectivity index (χ1n) is 10.6. The van der Waals surface area contributed by atoms with E-state index >= 15 is 0 Å². The average molecular weight is 478 g/mol. The summed E-state index contributed by atoms with van der Waals surface area (Å²) in [6, 6.07) is 17.7. The number of benzene rings is 2. The monoisotopic (exact) mass is 477 g/mol. The van der Waals surface area contributed by atoms with Crippen LogP contribution in [0.5, 0.6) is 11.5 Å². The fourth-order valence-corrected chi connectivity index (χ4v) is 4.02. The molecular weight excluding hydrogens is 454 g/mol. The molecule has 4 rings (SSSR count). The number of hydrogen-bond donors (Lipinski definition) is 0. The zero-order chi connectivity index (χ0) is 23.9. The van der Waals surface area contributed by atoms with E-state index in [9.17, 15) is 9.59 Å². The van der Waals surface area contributed by atoms with Crippen LogP contribution in [0.2, 0.25) is 0 Å². The number of carbonyl (C=O) groups excluding carboxylic acids is 1. The van der Waals surface area contributed by atoms with Gasteiger partial charge in [0.05, 0.1) is 26.0 Å². The number of methoxy groups -OCH3 is 1. The lowest BCUT2D eigenvalue weighted by atomic mass is 10.2. The predicted octanol–water partition coefficient (Wildman–Crippen LogP) is 4.18. The standard InChI is InChI=1S/C25H23N3O5S/c1-3-32-21-11-9-18(13-22(21)31-2)24-26-19(16-34-24)15-33-25(30)20-10-12-23(29)28(27-20)14-17-7-5-4-6-8-17/h4-13,16H,3,14-15H2,1-2H3. The Bertz CT molecular complexity index is 1330. The Balaban J connectivity index is 1.42. The van der Waals surface area contributed by atoms with E-state index in [0.29, 0.717) is 23.8 Å². The second kappa shape index (κ2) is 10.8. The van der Waals surface area contributed by atoms with Crippen LogP contribution < -0.4 is 15.0 Å². The third-order valence-electron chi connectivity index (χ3n) is 4.86. The molecule has 2 aromatic carbocycles. The Morgan fingerprint density at radius 1 is 1.06 bits per heavy atom. The van der Waals surface area contributed by atoms with Crippen LogP contribution >= 0.6 is 11.3 Å². The minimum atomic E-state index is -0.626. The lowest BCUT2D eigenvalue weighted by Crippen LogP contribution is -2.25. The zero-order valence-corrected chi connectivity index (χ0v) is 19.6. The molecule has 8 nitrogen and oxygen atoms in total. The van der Waals surface area contributed by atoms with Crippen molar-refractivity contribution in [3.05, 3.63) is 93.3 Å². The predicted molar refractivity (Wildman–Crippen MR) is 128 cm³/mol. The van der Waals surface area contributed by atoms with Crippen LogP contribution in [0.15, 0.2) is 70.8 Å². The van der Waals surface area contributed by atoms with E-state index in [2.05, 4.69) is 10.1 Å². The number of ether oxygens (including phenoxy) is 3. The molecule has 0 aliphatic carbocycles. The molecule has 34 heavy (non-hydrogen) atoms. The first kappa shape index (κ1) is 23.2. The first-order valence-corrected chi connectivity index (χ1v) is 11.5. The molecule has 0 spiro atoms. The molecule has 174 valence electrons. The van der Waals surface area contributed by atoms with Gasteiger partial charge in [-0.3, -0.25) is 4.79 Å². The number of thiazole rings is 1. The lowest BCUT2D eigenvalue weighted by molar-refractivity contribution is 0.0458. The van der Waals surface area contributed by atoms with Crippen LogP contribution in [-0.4, -0.2) is 34.5 Å². The summed E-state index contributed by atoms with van der Waals surface area (Å²) in [5.74, 6) is 0.666. The van der Waals surface area contributed by atoms with Crippen molar-refractivity contribution in [3.63, 3.8) is 0 Å². The summed E-state index contributed by atoms with van der Waals surface area (Å²) in [4.78, 5) is 29.2. The summed E-state index contributed by atoms with van der Waals surface area (Å²) < 4.78 is 17.6. The second-order valence-corrected chi connectivity index (χ2v) is 8.08. The number of rotatable bonds is 9. The maximum absolute atomic E-state index is 12.5. The van der Waals surface area contributed by atoms with Gasteiger partial charge >= 0.3 is 5.97 Å². The van der Waals surface area contributed by atoms with Crippen LogP contribution in [0.25, 0.3) is 10.6 Å². The van der Waals surface area contributed by atoms with E-state index < -0.39 is 5.97 Å². The Labute approximate surface area is 200 Å². The van der Waals surface area contributed by atoms with Gasteiger partial charge in [0.25, 0.3) is 5.56 Å². The van der Waals surface area contributed by atoms with Crippen molar-refractivity contribution in [1.82, 2.24) is 14.8 Å². The molecule has 0 amide bonds. The van der Waals surface area contributed by atoms with Gasteiger partial charge in [-0.05, 0) is 36.8 Å². The van der Waals surface area contributed by atoms with Crippen molar-refractivity contribution in [1.29, 1.82) is 0 Å². The number of hydrogen-bond acceptors (Lipinski definition) is 8. The minimum absolute atomic E-state index is 0.0109. The van der Waals surface area contributed by atoms with Crippen molar-refractivity contribution >= 4 is 17.3 Å². The van der Waals surface area contributed by atoms with Crippen LogP contribution in [0.3, 0.4) is 0 Å². The van der Waals surface area contributed by atoms with Gasteiger partial charge in [-0.1, -0.05) is 30.3 Å². The quantitative estimate of drug-likeness (QED) is 0.334. The molecule has 2 heterocycles. The number of esters is 1. The zero-order valence-electron chi connectivity index (χ0n) is 18.8. The minimum Gasteiger partial charge on any atom is -0.493 e. The molecule has 4 aromatic rings. The molecule has 0 bridgehead atoms. The van der Waals surface area contributed by atoms with E-state index in [1.807, 2.05) is 60.8 Å². The van der Waals surface area contributed by atoms with E-state index in [1.54, 1.807) is 7.11 Å². The van der Waals surface area contributed by atoms with Gasteiger partial charge in [-0.2, -0.15) is 5.10 Å². The first-order chi connectivity index (χ1) is 16.6.